The van der Waals surface area contributed by atoms with E-state index in [-0.39, 0.29) is 5.54 Å². The molecule has 0 aromatic rings. The summed E-state index contributed by atoms with van der Waals surface area (Å²) in [7, 11) is 4.12. The maximum atomic E-state index is 5.81. The molecule has 0 heterocycles. The molecule has 0 atom stereocenters. The maximum absolute atomic E-state index is 5.81. The molecule has 0 aromatic heterocycles. The van der Waals surface area contributed by atoms with E-state index in [0.717, 1.165) is 6.54 Å². The highest BCUT2D eigenvalue weighted by atomic mass is 15.1. The van der Waals surface area contributed by atoms with Crippen LogP contribution in [0.3, 0.4) is 0 Å². The van der Waals surface area contributed by atoms with Crippen LogP contribution < -0.4 is 5.73 Å². The Kier molecular flexibility index (Phi) is 3.91. The molecule has 1 aliphatic rings. The molecule has 2 heteroatoms. The van der Waals surface area contributed by atoms with E-state index in [1.807, 2.05) is 13.8 Å². The van der Waals surface area contributed by atoms with Crippen molar-refractivity contribution < 1.29 is 0 Å². The third-order valence-electron chi connectivity index (χ3n) is 1.52. The predicted molar refractivity (Wildman–Crippen MR) is 46.1 cm³/mol. The monoisotopic (exact) mass is 144 g/mol. The van der Waals surface area contributed by atoms with Crippen LogP contribution in [0.25, 0.3) is 0 Å². The van der Waals surface area contributed by atoms with Crippen molar-refractivity contribution in [1.29, 1.82) is 0 Å². The van der Waals surface area contributed by atoms with Crippen molar-refractivity contribution in [3.63, 3.8) is 0 Å². The summed E-state index contributed by atoms with van der Waals surface area (Å²) in [4.78, 5) is 2.15. The number of rotatable bonds is 2. The van der Waals surface area contributed by atoms with Crippen molar-refractivity contribution in [2.24, 2.45) is 5.73 Å². The number of nitrogens with zero attached hydrogens (tertiary/aromatic N) is 1. The Morgan fingerprint density at radius 2 is 1.70 bits per heavy atom. The van der Waals surface area contributed by atoms with Gasteiger partial charge in [0, 0.05) is 12.1 Å². The SMILES string of the molecule is CC.CN(C)CC1(N)CC1. The number of hydrogen-bond donors (Lipinski definition) is 1. The van der Waals surface area contributed by atoms with Gasteiger partial charge in [-0.05, 0) is 26.9 Å². The number of hydrogen-bond acceptors (Lipinski definition) is 2. The van der Waals surface area contributed by atoms with E-state index in [9.17, 15) is 0 Å². The molecule has 10 heavy (non-hydrogen) atoms. The Bertz CT molecular complexity index is 85.3. The second-order valence-corrected chi connectivity index (χ2v) is 3.10. The summed E-state index contributed by atoms with van der Waals surface area (Å²) in [6.07, 6.45) is 2.43. The summed E-state index contributed by atoms with van der Waals surface area (Å²) in [6.45, 7) is 5.05. The van der Waals surface area contributed by atoms with Crippen LogP contribution in [0.2, 0.25) is 0 Å². The molecule has 0 aliphatic heterocycles. The first-order chi connectivity index (χ1) is 4.62. The number of likely N-dealkylation sites (N-methyl/N-ethyl adjacent to an activating group) is 1. The van der Waals surface area contributed by atoms with Gasteiger partial charge in [-0.15, -0.1) is 0 Å². The summed E-state index contributed by atoms with van der Waals surface area (Å²) >= 11 is 0. The van der Waals surface area contributed by atoms with Crippen LogP contribution in [0.1, 0.15) is 26.7 Å². The highest BCUT2D eigenvalue weighted by Crippen LogP contribution is 2.32. The minimum absolute atomic E-state index is 0.198. The van der Waals surface area contributed by atoms with E-state index in [1.54, 1.807) is 0 Å². The van der Waals surface area contributed by atoms with Crippen LogP contribution in [-0.4, -0.2) is 31.1 Å². The van der Waals surface area contributed by atoms with E-state index in [2.05, 4.69) is 19.0 Å². The minimum atomic E-state index is 0.198. The van der Waals surface area contributed by atoms with Gasteiger partial charge in [0.25, 0.3) is 0 Å². The highest BCUT2D eigenvalue weighted by molar-refractivity contribution is 5.00. The lowest BCUT2D eigenvalue weighted by atomic mass is 10.3. The zero-order chi connectivity index (χ0) is 8.20. The first kappa shape index (κ1) is 9.92. The Labute approximate surface area is 64.4 Å². The minimum Gasteiger partial charge on any atom is -0.324 e. The lowest BCUT2D eigenvalue weighted by molar-refractivity contribution is 0.363. The van der Waals surface area contributed by atoms with E-state index in [4.69, 9.17) is 5.73 Å². The van der Waals surface area contributed by atoms with Crippen molar-refractivity contribution in [3.05, 3.63) is 0 Å². The Hall–Kier alpha value is -0.0800. The average Bonchev–Trinajstić information content (AvgIpc) is 2.51. The molecule has 2 N–H and O–H groups in total. The molecule has 1 aliphatic carbocycles. The van der Waals surface area contributed by atoms with Crippen LogP contribution in [-0.2, 0) is 0 Å². The summed E-state index contributed by atoms with van der Waals surface area (Å²) < 4.78 is 0. The standard InChI is InChI=1S/C6H14N2.C2H6/c1-8(2)5-6(7)3-4-6;1-2/h3-5,7H2,1-2H3;1-2H3. The lowest BCUT2D eigenvalue weighted by Crippen LogP contribution is -2.34. The summed E-state index contributed by atoms with van der Waals surface area (Å²) in [5, 5.41) is 0. The van der Waals surface area contributed by atoms with Gasteiger partial charge in [0.1, 0.15) is 0 Å². The van der Waals surface area contributed by atoms with Gasteiger partial charge < -0.3 is 10.6 Å². The smallest absolute Gasteiger partial charge is 0.0284 e. The van der Waals surface area contributed by atoms with Crippen LogP contribution >= 0.6 is 0 Å². The van der Waals surface area contributed by atoms with Crippen LogP contribution in [0.15, 0.2) is 0 Å². The van der Waals surface area contributed by atoms with Gasteiger partial charge in [-0.1, -0.05) is 13.8 Å². The summed E-state index contributed by atoms with van der Waals surface area (Å²) in [5.74, 6) is 0. The van der Waals surface area contributed by atoms with Crippen molar-refractivity contribution in [2.45, 2.75) is 32.2 Å². The Morgan fingerprint density at radius 3 is 1.80 bits per heavy atom. The second-order valence-electron chi connectivity index (χ2n) is 3.10. The molecule has 0 unspecified atom stereocenters. The van der Waals surface area contributed by atoms with Crippen molar-refractivity contribution in [3.8, 4) is 0 Å². The molecule has 0 amide bonds. The fourth-order valence-electron chi connectivity index (χ4n) is 0.948. The molecule has 1 rings (SSSR count). The van der Waals surface area contributed by atoms with Crippen molar-refractivity contribution in [1.82, 2.24) is 4.90 Å². The Morgan fingerprint density at radius 1 is 1.30 bits per heavy atom. The fourth-order valence-corrected chi connectivity index (χ4v) is 0.948. The molecule has 1 saturated carbocycles. The number of nitrogens with two attached hydrogens (primary N) is 1. The largest absolute Gasteiger partial charge is 0.324 e. The van der Waals surface area contributed by atoms with Crippen LogP contribution in [0.5, 0.6) is 0 Å². The lowest BCUT2D eigenvalue weighted by Gasteiger charge is -2.14. The molecule has 0 saturated heterocycles. The molecule has 0 bridgehead atoms. The van der Waals surface area contributed by atoms with E-state index >= 15 is 0 Å². The van der Waals surface area contributed by atoms with E-state index in [1.165, 1.54) is 12.8 Å². The van der Waals surface area contributed by atoms with E-state index in [0.29, 0.717) is 0 Å². The van der Waals surface area contributed by atoms with E-state index < -0.39 is 0 Å². The van der Waals surface area contributed by atoms with Crippen LogP contribution in [0.4, 0.5) is 0 Å². The van der Waals surface area contributed by atoms with Crippen molar-refractivity contribution >= 4 is 0 Å². The molecule has 0 aromatic carbocycles. The second kappa shape index (κ2) is 3.94. The van der Waals surface area contributed by atoms with Gasteiger partial charge in [-0.25, -0.2) is 0 Å². The quantitative estimate of drug-likeness (QED) is 0.628. The first-order valence-corrected chi connectivity index (χ1v) is 4.06. The predicted octanol–water partition coefficient (Wildman–Crippen LogP) is 1.07. The van der Waals surface area contributed by atoms with Crippen LogP contribution in [0, 0.1) is 0 Å². The van der Waals surface area contributed by atoms with Gasteiger partial charge in [0.15, 0.2) is 0 Å². The molecule has 2 nitrogen and oxygen atoms in total. The van der Waals surface area contributed by atoms with Gasteiger partial charge >= 0.3 is 0 Å². The van der Waals surface area contributed by atoms with Crippen molar-refractivity contribution in [2.75, 3.05) is 20.6 Å². The zero-order valence-corrected chi connectivity index (χ0v) is 7.65. The normalized spacial score (nSPS) is 19.8. The topological polar surface area (TPSA) is 29.3 Å². The fraction of sp³-hybridized carbons (Fsp3) is 1.00. The van der Waals surface area contributed by atoms with Gasteiger partial charge in [-0.2, -0.15) is 0 Å². The summed E-state index contributed by atoms with van der Waals surface area (Å²) in [6, 6.07) is 0. The average molecular weight is 144 g/mol. The van der Waals surface area contributed by atoms with Gasteiger partial charge in [0.2, 0.25) is 0 Å². The van der Waals surface area contributed by atoms with Gasteiger partial charge in [-0.3, -0.25) is 0 Å². The third-order valence-corrected chi connectivity index (χ3v) is 1.52. The molecule has 1 fully saturated rings. The highest BCUT2D eigenvalue weighted by Gasteiger charge is 2.38. The molecular weight excluding hydrogens is 124 g/mol. The van der Waals surface area contributed by atoms with Gasteiger partial charge in [0.05, 0.1) is 0 Å². The summed E-state index contributed by atoms with van der Waals surface area (Å²) in [5.41, 5.74) is 6.00. The first-order valence-electron chi connectivity index (χ1n) is 4.06. The molecular formula is C8H20N2. The Balaban J connectivity index is 0.000000371. The molecule has 0 spiro atoms. The molecule has 62 valence electrons. The maximum Gasteiger partial charge on any atom is 0.0284 e. The molecule has 0 radical (unpaired) electrons. The third kappa shape index (κ3) is 3.85. The zero-order valence-electron chi connectivity index (χ0n) is 7.65.